The first-order valence-corrected chi connectivity index (χ1v) is 8.96. The van der Waals surface area contributed by atoms with Crippen LogP contribution in [0.15, 0.2) is 0 Å². The smallest absolute Gasteiger partial charge is 0.0724 e. The maximum atomic E-state index is 5.68. The van der Waals surface area contributed by atoms with Gasteiger partial charge in [-0.05, 0) is 49.6 Å². The number of likely N-dealkylation sites (tertiary alicyclic amines) is 1. The van der Waals surface area contributed by atoms with Crippen LogP contribution in [0.1, 0.15) is 53.4 Å². The molecule has 1 heterocycles. The van der Waals surface area contributed by atoms with Gasteiger partial charge in [0.1, 0.15) is 0 Å². The van der Waals surface area contributed by atoms with Crippen LogP contribution >= 0.6 is 0 Å². The number of rotatable bonds is 5. The van der Waals surface area contributed by atoms with Crippen molar-refractivity contribution in [3.05, 3.63) is 0 Å². The van der Waals surface area contributed by atoms with Gasteiger partial charge in [-0.15, -0.1) is 0 Å². The van der Waals surface area contributed by atoms with Gasteiger partial charge < -0.3 is 15.0 Å². The lowest BCUT2D eigenvalue weighted by Crippen LogP contribution is -2.54. The molecule has 21 heavy (non-hydrogen) atoms. The van der Waals surface area contributed by atoms with E-state index in [1.54, 1.807) is 0 Å². The second-order valence-electron chi connectivity index (χ2n) is 7.98. The van der Waals surface area contributed by atoms with Crippen molar-refractivity contribution in [2.24, 2.45) is 17.3 Å². The Morgan fingerprint density at radius 3 is 2.71 bits per heavy atom. The van der Waals surface area contributed by atoms with Gasteiger partial charge in [-0.3, -0.25) is 0 Å². The molecule has 4 atom stereocenters. The van der Waals surface area contributed by atoms with Crippen molar-refractivity contribution in [1.29, 1.82) is 0 Å². The molecule has 0 aromatic rings. The Morgan fingerprint density at radius 2 is 2.05 bits per heavy atom. The number of nitrogens with one attached hydrogen (secondary N) is 1. The highest BCUT2D eigenvalue weighted by molar-refractivity contribution is 4.95. The molecule has 2 fully saturated rings. The fourth-order valence-electron chi connectivity index (χ4n) is 4.54. The van der Waals surface area contributed by atoms with Gasteiger partial charge in [0.25, 0.3) is 0 Å². The molecule has 1 aliphatic carbocycles. The Labute approximate surface area is 131 Å². The topological polar surface area (TPSA) is 24.5 Å². The molecule has 0 aromatic carbocycles. The third-order valence-corrected chi connectivity index (χ3v) is 5.90. The Balaban J connectivity index is 1.96. The molecule has 2 rings (SSSR count). The fourth-order valence-corrected chi connectivity index (χ4v) is 4.54. The predicted molar refractivity (Wildman–Crippen MR) is 89.6 cm³/mol. The molecule has 3 heteroatoms. The quantitative estimate of drug-likeness (QED) is 0.843. The van der Waals surface area contributed by atoms with Crippen LogP contribution in [0.4, 0.5) is 0 Å². The minimum Gasteiger partial charge on any atom is -0.380 e. The number of ether oxygens (including phenoxy) is 1. The molecule has 0 radical (unpaired) electrons. The molecule has 0 amide bonds. The SMILES string of the molecule is CCNC1C(CN2CCC(C)C(OC)C2)CCCC1(C)C. The van der Waals surface area contributed by atoms with Crippen molar-refractivity contribution in [2.45, 2.75) is 65.5 Å². The van der Waals surface area contributed by atoms with Gasteiger partial charge in [0, 0.05) is 26.2 Å². The van der Waals surface area contributed by atoms with E-state index in [0.29, 0.717) is 23.5 Å². The molecule has 2 aliphatic rings. The van der Waals surface area contributed by atoms with Crippen LogP contribution in [0.5, 0.6) is 0 Å². The van der Waals surface area contributed by atoms with E-state index in [1.807, 2.05) is 7.11 Å². The van der Waals surface area contributed by atoms with Crippen LogP contribution in [0, 0.1) is 17.3 Å². The average molecular weight is 296 g/mol. The van der Waals surface area contributed by atoms with Gasteiger partial charge in [-0.1, -0.05) is 34.1 Å². The summed E-state index contributed by atoms with van der Waals surface area (Å²) in [6.07, 6.45) is 5.83. The summed E-state index contributed by atoms with van der Waals surface area (Å²) in [7, 11) is 1.87. The van der Waals surface area contributed by atoms with Crippen molar-refractivity contribution in [2.75, 3.05) is 33.3 Å². The fraction of sp³-hybridized carbons (Fsp3) is 1.00. The Kier molecular flexibility index (Phi) is 6.10. The first-order valence-electron chi connectivity index (χ1n) is 8.96. The molecule has 1 aliphatic heterocycles. The standard InChI is InChI=1S/C18H36N2O/c1-6-19-17-15(8-7-10-18(17,3)4)12-20-11-9-14(2)16(13-20)21-5/h14-17,19H,6-13H2,1-5H3. The zero-order valence-corrected chi connectivity index (χ0v) is 14.8. The molecule has 1 saturated heterocycles. The molecule has 3 nitrogen and oxygen atoms in total. The highest BCUT2D eigenvalue weighted by Crippen LogP contribution is 2.39. The van der Waals surface area contributed by atoms with Crippen LogP contribution < -0.4 is 5.32 Å². The Morgan fingerprint density at radius 1 is 1.29 bits per heavy atom. The van der Waals surface area contributed by atoms with E-state index in [9.17, 15) is 0 Å². The maximum Gasteiger partial charge on any atom is 0.0724 e. The van der Waals surface area contributed by atoms with Crippen molar-refractivity contribution < 1.29 is 4.74 Å². The zero-order chi connectivity index (χ0) is 15.5. The Bertz CT molecular complexity index is 318. The third-order valence-electron chi connectivity index (χ3n) is 5.90. The Hall–Kier alpha value is -0.120. The normalized spacial score (nSPS) is 37.6. The summed E-state index contributed by atoms with van der Waals surface area (Å²) in [4.78, 5) is 2.66. The molecule has 0 bridgehead atoms. The summed E-state index contributed by atoms with van der Waals surface area (Å²) in [6, 6.07) is 0.664. The van der Waals surface area contributed by atoms with E-state index in [2.05, 4.69) is 37.9 Å². The minimum absolute atomic E-state index is 0.424. The molecule has 0 spiro atoms. The highest BCUT2D eigenvalue weighted by Gasteiger charge is 2.39. The van der Waals surface area contributed by atoms with E-state index >= 15 is 0 Å². The second kappa shape index (κ2) is 7.43. The predicted octanol–water partition coefficient (Wildman–Crippen LogP) is 3.15. The molecule has 124 valence electrons. The monoisotopic (exact) mass is 296 g/mol. The first-order chi connectivity index (χ1) is 9.97. The summed E-state index contributed by atoms with van der Waals surface area (Å²) in [5.74, 6) is 1.50. The van der Waals surface area contributed by atoms with Crippen molar-refractivity contribution in [1.82, 2.24) is 10.2 Å². The van der Waals surface area contributed by atoms with Gasteiger partial charge in [0.2, 0.25) is 0 Å². The van der Waals surface area contributed by atoms with Crippen molar-refractivity contribution >= 4 is 0 Å². The lowest BCUT2D eigenvalue weighted by Gasteiger charge is -2.47. The summed E-state index contributed by atoms with van der Waals surface area (Å²) < 4.78 is 5.68. The summed E-state index contributed by atoms with van der Waals surface area (Å²) in [5.41, 5.74) is 0.433. The van der Waals surface area contributed by atoms with E-state index < -0.39 is 0 Å². The number of hydrogen-bond donors (Lipinski definition) is 1. The van der Waals surface area contributed by atoms with Gasteiger partial charge in [-0.2, -0.15) is 0 Å². The number of hydrogen-bond acceptors (Lipinski definition) is 3. The van der Waals surface area contributed by atoms with Crippen molar-refractivity contribution in [3.8, 4) is 0 Å². The number of nitrogens with zero attached hydrogens (tertiary/aromatic N) is 1. The summed E-state index contributed by atoms with van der Waals surface area (Å²) in [6.45, 7) is 14.2. The van der Waals surface area contributed by atoms with E-state index in [1.165, 1.54) is 38.8 Å². The van der Waals surface area contributed by atoms with Gasteiger partial charge >= 0.3 is 0 Å². The van der Waals surface area contributed by atoms with Gasteiger partial charge in [-0.25, -0.2) is 0 Å². The molecule has 1 N–H and O–H groups in total. The van der Waals surface area contributed by atoms with Crippen LogP contribution in [0.3, 0.4) is 0 Å². The van der Waals surface area contributed by atoms with Gasteiger partial charge in [0.05, 0.1) is 6.10 Å². The van der Waals surface area contributed by atoms with Crippen LogP contribution in [0.25, 0.3) is 0 Å². The third kappa shape index (κ3) is 4.20. The largest absolute Gasteiger partial charge is 0.380 e. The minimum atomic E-state index is 0.424. The second-order valence-corrected chi connectivity index (χ2v) is 7.98. The molecule has 0 aromatic heterocycles. The maximum absolute atomic E-state index is 5.68. The molecule has 1 saturated carbocycles. The lowest BCUT2D eigenvalue weighted by atomic mass is 9.67. The van der Waals surface area contributed by atoms with Crippen molar-refractivity contribution in [3.63, 3.8) is 0 Å². The van der Waals surface area contributed by atoms with E-state index in [-0.39, 0.29) is 0 Å². The zero-order valence-electron chi connectivity index (χ0n) is 14.8. The lowest BCUT2D eigenvalue weighted by molar-refractivity contribution is -0.0182. The number of piperidine rings is 1. The molecular weight excluding hydrogens is 260 g/mol. The van der Waals surface area contributed by atoms with E-state index in [0.717, 1.165) is 19.0 Å². The average Bonchev–Trinajstić information content (AvgIpc) is 2.44. The summed E-state index contributed by atoms with van der Waals surface area (Å²) >= 11 is 0. The number of methoxy groups -OCH3 is 1. The molecule has 4 unspecified atom stereocenters. The van der Waals surface area contributed by atoms with Crippen LogP contribution in [0.2, 0.25) is 0 Å². The van der Waals surface area contributed by atoms with Gasteiger partial charge in [0.15, 0.2) is 0 Å². The van der Waals surface area contributed by atoms with Crippen LogP contribution in [-0.2, 0) is 4.74 Å². The molecular formula is C18H36N2O. The van der Waals surface area contributed by atoms with Crippen LogP contribution in [-0.4, -0.2) is 50.3 Å². The summed E-state index contributed by atoms with van der Waals surface area (Å²) in [5, 5.41) is 3.79. The first kappa shape index (κ1) is 17.2. The van der Waals surface area contributed by atoms with E-state index in [4.69, 9.17) is 4.74 Å². The highest BCUT2D eigenvalue weighted by atomic mass is 16.5.